The Hall–Kier alpha value is -3.06. The molecule has 2 aliphatic rings. The predicted octanol–water partition coefficient (Wildman–Crippen LogP) is 0.0268. The maximum absolute atomic E-state index is 12.9. The quantitative estimate of drug-likeness (QED) is 0.0946. The molecule has 19 heteroatoms. The third-order valence-electron chi connectivity index (χ3n) is 7.51. The summed E-state index contributed by atoms with van der Waals surface area (Å²) in [7, 11) is -4.72. The highest BCUT2D eigenvalue weighted by molar-refractivity contribution is 7.47. The van der Waals surface area contributed by atoms with E-state index in [1.165, 1.54) is 23.4 Å². The van der Waals surface area contributed by atoms with E-state index >= 15 is 0 Å². The summed E-state index contributed by atoms with van der Waals surface area (Å²) >= 11 is 0. The molecule has 5 rings (SSSR count). The SMILES string of the molecule is NCCCCCCNc1ccn([C@H]2C[C@H](OP(=O)(O)OC[C@H]3O[C@@H](n4cnc5c(N)ncnc54)C[C@@H]3O)[C@@H](CO)O2)c(=O)n1. The highest BCUT2D eigenvalue weighted by Crippen LogP contribution is 2.49. The van der Waals surface area contributed by atoms with Gasteiger partial charge in [0.15, 0.2) is 11.5 Å². The molecule has 5 heterocycles. The summed E-state index contributed by atoms with van der Waals surface area (Å²) in [5.41, 5.74) is 11.5. The zero-order valence-corrected chi connectivity index (χ0v) is 24.8. The second kappa shape index (κ2) is 14.4. The van der Waals surface area contributed by atoms with Gasteiger partial charge in [0, 0.05) is 25.6 Å². The predicted molar refractivity (Wildman–Crippen MR) is 155 cm³/mol. The molecule has 0 aliphatic carbocycles. The molecule has 2 aliphatic heterocycles. The highest BCUT2D eigenvalue weighted by atomic mass is 31.2. The van der Waals surface area contributed by atoms with Gasteiger partial charge in [-0.25, -0.2) is 24.3 Å². The Bertz CT molecular complexity index is 1510. The summed E-state index contributed by atoms with van der Waals surface area (Å²) in [5, 5.41) is 23.5. The van der Waals surface area contributed by atoms with Crippen LogP contribution in [0.5, 0.6) is 0 Å². The number of ether oxygens (including phenoxy) is 2. The number of fused-ring (bicyclic) bond motifs is 1. The number of imidazole rings is 1. The molecule has 3 aromatic rings. The Morgan fingerprint density at radius 1 is 1.09 bits per heavy atom. The van der Waals surface area contributed by atoms with Gasteiger partial charge in [-0.05, 0) is 25.5 Å². The van der Waals surface area contributed by atoms with Crippen LogP contribution in [0.4, 0.5) is 11.6 Å². The molecule has 1 unspecified atom stereocenters. The number of phosphoric ester groups is 1. The Morgan fingerprint density at radius 3 is 2.64 bits per heavy atom. The Balaban J connectivity index is 1.13. The second-order valence-corrected chi connectivity index (χ2v) is 12.0. The van der Waals surface area contributed by atoms with E-state index in [9.17, 15) is 24.5 Å². The van der Waals surface area contributed by atoms with Crippen LogP contribution in [0.25, 0.3) is 11.2 Å². The number of hydrogen-bond donors (Lipinski definition) is 6. The molecule has 0 bridgehead atoms. The van der Waals surface area contributed by atoms with Crippen molar-refractivity contribution in [3.8, 4) is 0 Å². The molecule has 0 aromatic carbocycles. The fourth-order valence-corrected chi connectivity index (χ4v) is 6.16. The van der Waals surface area contributed by atoms with Crippen LogP contribution in [0.3, 0.4) is 0 Å². The molecule has 0 saturated carbocycles. The number of aliphatic hydroxyl groups excluding tert-OH is 2. The van der Waals surface area contributed by atoms with Crippen molar-refractivity contribution in [3.05, 3.63) is 35.4 Å². The van der Waals surface area contributed by atoms with Crippen molar-refractivity contribution in [2.75, 3.05) is 37.4 Å². The van der Waals surface area contributed by atoms with Crippen LogP contribution in [-0.4, -0.2) is 94.9 Å². The second-order valence-electron chi connectivity index (χ2n) is 10.6. The summed E-state index contributed by atoms with van der Waals surface area (Å²) < 4.78 is 37.8. The van der Waals surface area contributed by atoms with Gasteiger partial charge in [-0.2, -0.15) is 4.98 Å². The molecule has 242 valence electrons. The molecule has 7 atom stereocenters. The van der Waals surface area contributed by atoms with Crippen LogP contribution >= 0.6 is 7.82 Å². The Kier molecular flexibility index (Phi) is 10.6. The number of nitrogen functional groups attached to an aromatic ring is 1. The number of nitrogens with one attached hydrogen (secondary N) is 1. The third kappa shape index (κ3) is 7.59. The maximum Gasteiger partial charge on any atom is 0.472 e. The van der Waals surface area contributed by atoms with E-state index in [1.807, 2.05) is 0 Å². The standard InChI is InChI=1S/C25H38N9O9P/c26-6-3-1-2-4-7-28-19-5-8-33(25(37)32-19)21-10-16(17(11-35)41-21)43-44(38,39)40-12-18-15(36)9-20(42-18)34-14-31-22-23(27)29-13-30-24(22)34/h5,8,13-18,20-21,35-36H,1-4,6-7,9-12,26H2,(H,38,39)(H2,27,29,30)(H,28,32,37)/t15-,16-,17+,18+,20+,21+/m0/s1. The van der Waals surface area contributed by atoms with Gasteiger partial charge in [-0.15, -0.1) is 0 Å². The van der Waals surface area contributed by atoms with Crippen molar-refractivity contribution in [2.24, 2.45) is 5.73 Å². The molecule has 0 amide bonds. The highest BCUT2D eigenvalue weighted by Gasteiger charge is 2.43. The number of unbranched alkanes of at least 4 members (excludes halogenated alkanes) is 3. The number of hydrogen-bond acceptors (Lipinski definition) is 15. The first-order valence-corrected chi connectivity index (χ1v) is 15.9. The lowest BCUT2D eigenvalue weighted by molar-refractivity contribution is -0.0564. The van der Waals surface area contributed by atoms with E-state index in [2.05, 4.69) is 25.3 Å². The van der Waals surface area contributed by atoms with Crippen molar-refractivity contribution in [2.45, 2.75) is 75.4 Å². The summed E-state index contributed by atoms with van der Waals surface area (Å²) in [6.07, 6.45) is 2.62. The van der Waals surface area contributed by atoms with Gasteiger partial charge in [0.25, 0.3) is 0 Å². The minimum Gasteiger partial charge on any atom is -0.394 e. The fraction of sp³-hybridized carbons (Fsp3) is 0.640. The van der Waals surface area contributed by atoms with Crippen molar-refractivity contribution in [1.29, 1.82) is 0 Å². The number of phosphoric acid groups is 1. The molecule has 0 spiro atoms. The van der Waals surface area contributed by atoms with Crippen LogP contribution in [0, 0.1) is 0 Å². The van der Waals surface area contributed by atoms with Gasteiger partial charge >= 0.3 is 13.5 Å². The molecular weight excluding hydrogens is 601 g/mol. The molecule has 2 saturated heterocycles. The van der Waals surface area contributed by atoms with Crippen molar-refractivity contribution in [3.63, 3.8) is 0 Å². The summed E-state index contributed by atoms with van der Waals surface area (Å²) in [6.45, 7) is 0.317. The normalized spacial score (nSPS) is 26.7. The topological polar surface area (TPSA) is 257 Å². The number of rotatable bonds is 15. The van der Waals surface area contributed by atoms with Gasteiger partial charge in [0.1, 0.15) is 48.4 Å². The van der Waals surface area contributed by atoms with Gasteiger partial charge in [0.05, 0.1) is 25.6 Å². The van der Waals surface area contributed by atoms with Crippen molar-refractivity contribution >= 4 is 30.6 Å². The van der Waals surface area contributed by atoms with Crippen LogP contribution in [0.2, 0.25) is 0 Å². The molecule has 0 radical (unpaired) electrons. The van der Waals surface area contributed by atoms with Gasteiger partial charge in [0.2, 0.25) is 0 Å². The fourth-order valence-electron chi connectivity index (χ4n) is 5.20. The first-order chi connectivity index (χ1) is 21.2. The average molecular weight is 640 g/mol. The minimum atomic E-state index is -4.72. The van der Waals surface area contributed by atoms with Gasteiger partial charge in [-0.1, -0.05) is 12.8 Å². The number of nitrogens with zero attached hydrogens (tertiary/aromatic N) is 6. The largest absolute Gasteiger partial charge is 0.472 e. The van der Waals surface area contributed by atoms with E-state index in [-0.39, 0.29) is 18.7 Å². The van der Waals surface area contributed by atoms with Gasteiger partial charge in [-0.3, -0.25) is 18.2 Å². The minimum absolute atomic E-state index is 0.0298. The smallest absolute Gasteiger partial charge is 0.394 e. The number of anilines is 2. The lowest BCUT2D eigenvalue weighted by atomic mass is 10.2. The molecule has 8 N–H and O–H groups in total. The molecule has 3 aromatic heterocycles. The van der Waals surface area contributed by atoms with Crippen molar-refractivity contribution < 1.29 is 38.2 Å². The first-order valence-electron chi connectivity index (χ1n) is 14.4. The van der Waals surface area contributed by atoms with E-state index in [0.29, 0.717) is 30.1 Å². The maximum atomic E-state index is 12.9. The van der Waals surface area contributed by atoms with Crippen LogP contribution in [-0.2, 0) is 23.1 Å². The van der Waals surface area contributed by atoms with E-state index in [1.54, 1.807) is 10.6 Å². The molecular formula is C25H38N9O9P. The zero-order valence-electron chi connectivity index (χ0n) is 23.9. The summed E-state index contributed by atoms with van der Waals surface area (Å²) in [6, 6.07) is 1.63. The van der Waals surface area contributed by atoms with Crippen molar-refractivity contribution in [1.82, 2.24) is 29.1 Å². The molecule has 18 nitrogen and oxygen atoms in total. The lowest BCUT2D eigenvalue weighted by Gasteiger charge is -2.21. The van der Waals surface area contributed by atoms with Crippen LogP contribution < -0.4 is 22.5 Å². The Morgan fingerprint density at radius 2 is 1.86 bits per heavy atom. The summed E-state index contributed by atoms with van der Waals surface area (Å²) in [4.78, 5) is 39.4. The van der Waals surface area contributed by atoms with Crippen LogP contribution in [0.15, 0.2) is 29.7 Å². The number of aliphatic hydroxyl groups is 2. The number of nitrogens with two attached hydrogens (primary N) is 2. The average Bonchev–Trinajstić information content (AvgIpc) is 3.70. The van der Waals surface area contributed by atoms with E-state index in [0.717, 1.165) is 25.7 Å². The monoisotopic (exact) mass is 639 g/mol. The lowest BCUT2D eigenvalue weighted by Crippen LogP contribution is -2.29. The molecule has 2 fully saturated rings. The van der Waals surface area contributed by atoms with Gasteiger partial charge < -0.3 is 41.4 Å². The first kappa shape index (κ1) is 32.3. The van der Waals surface area contributed by atoms with Crippen LogP contribution in [0.1, 0.15) is 51.0 Å². The summed E-state index contributed by atoms with van der Waals surface area (Å²) in [5.74, 6) is 0.611. The zero-order chi connectivity index (χ0) is 31.3. The molecule has 44 heavy (non-hydrogen) atoms. The third-order valence-corrected chi connectivity index (χ3v) is 8.52. The van der Waals surface area contributed by atoms with E-state index < -0.39 is 63.6 Å². The number of aromatic nitrogens is 6. The Labute approximate surface area is 252 Å². The van der Waals surface area contributed by atoms with E-state index in [4.69, 9.17) is 30.0 Å².